The molecular weight excluding hydrogens is 617 g/mol. The molecule has 3 rings (SSSR count). The molecule has 0 atom stereocenters. The molecule has 7 nitrogen and oxygen atoms in total. The van der Waals surface area contributed by atoms with Crippen LogP contribution in [0.5, 0.6) is 0 Å². The molecule has 0 aliphatic heterocycles. The quantitative estimate of drug-likeness (QED) is 0.107. The van der Waals surface area contributed by atoms with Crippen molar-refractivity contribution in [3.63, 3.8) is 0 Å². The van der Waals surface area contributed by atoms with Crippen LogP contribution < -0.4 is 10.6 Å². The number of nitriles is 1. The molecule has 0 bridgehead atoms. The van der Waals surface area contributed by atoms with Crippen molar-refractivity contribution in [1.29, 1.82) is 5.26 Å². The third kappa shape index (κ3) is 6.36. The van der Waals surface area contributed by atoms with Crippen LogP contribution in [0.1, 0.15) is 5.69 Å². The average molecular weight is 635 g/mol. The summed E-state index contributed by atoms with van der Waals surface area (Å²) in [5.41, 5.74) is 3.65. The Morgan fingerprint density at radius 2 is 2.09 bits per heavy atom. The number of benzene rings is 1. The van der Waals surface area contributed by atoms with Crippen LogP contribution in [0.25, 0.3) is 22.6 Å². The van der Waals surface area contributed by atoms with E-state index in [2.05, 4.69) is 42.8 Å². The van der Waals surface area contributed by atoms with Gasteiger partial charge in [0.2, 0.25) is 0 Å². The van der Waals surface area contributed by atoms with Gasteiger partial charge < -0.3 is 4.98 Å². The van der Waals surface area contributed by atoms with Gasteiger partial charge in [-0.15, -0.1) is 0 Å². The van der Waals surface area contributed by atoms with Gasteiger partial charge in [0.1, 0.15) is 5.82 Å². The second-order valence-electron chi connectivity index (χ2n) is 6.51. The van der Waals surface area contributed by atoms with Gasteiger partial charge in [0.25, 0.3) is 0 Å². The molecule has 10 heteroatoms. The van der Waals surface area contributed by atoms with Gasteiger partial charge in [0.15, 0.2) is 0 Å². The fourth-order valence-corrected chi connectivity index (χ4v) is 3.65. The molecule has 0 radical (unpaired) electrons. The topological polar surface area (TPSA) is 102 Å². The molecule has 2 aromatic heterocycles. The van der Waals surface area contributed by atoms with Crippen LogP contribution in [0, 0.1) is 24.5 Å². The summed E-state index contributed by atoms with van der Waals surface area (Å²) < 4.78 is 1.81. The van der Waals surface area contributed by atoms with Crippen LogP contribution in [-0.4, -0.2) is 37.4 Å². The molecule has 3 aromatic rings. The predicted molar refractivity (Wildman–Crippen MR) is 124 cm³/mol. The Labute approximate surface area is 207 Å². The summed E-state index contributed by atoms with van der Waals surface area (Å²) in [6, 6.07) is 7.37. The van der Waals surface area contributed by atoms with Crippen molar-refractivity contribution >= 4 is 33.6 Å². The summed E-state index contributed by atoms with van der Waals surface area (Å²) >= 11 is 13.8. The van der Waals surface area contributed by atoms with Crippen molar-refractivity contribution in [2.24, 2.45) is 0 Å². The number of halogens is 2. The molecule has 0 saturated heterocycles. The molecule has 0 fully saturated rings. The van der Waals surface area contributed by atoms with Gasteiger partial charge in [0, 0.05) is 22.5 Å². The first kappa shape index (κ1) is 23.9. The Morgan fingerprint density at radius 3 is 2.78 bits per heavy atom. The van der Waals surface area contributed by atoms with Gasteiger partial charge in [-0.1, -0.05) is 23.2 Å². The van der Waals surface area contributed by atoms with Crippen LogP contribution >= 0.6 is 23.2 Å². The summed E-state index contributed by atoms with van der Waals surface area (Å²) in [6.07, 6.45) is 9.76. The van der Waals surface area contributed by atoms with Gasteiger partial charge in [0.05, 0.1) is 10.6 Å². The van der Waals surface area contributed by atoms with E-state index in [0.29, 0.717) is 46.2 Å². The van der Waals surface area contributed by atoms with Gasteiger partial charge in [-0.2, -0.15) is 0 Å². The fourth-order valence-electron chi connectivity index (χ4n) is 2.68. The minimum Gasteiger partial charge on any atom is -0.342 e. The van der Waals surface area contributed by atoms with E-state index in [9.17, 15) is 0 Å². The standard InChI is InChI=1S/C22H18Cl2N7.W/c1-14(11-25)4-3-7-26-8-9-27-22-29-13-18(21-28-12-15(2)30-21)20(31-22)17-6-5-16(23)10-19(17)24;/h1,3-6,10,12-13,26H,8-9H2,2H3,(H,28,30)(H,27,29,31);/q-1;/b14-4+;. The summed E-state index contributed by atoms with van der Waals surface area (Å²) in [5.74, 6) is 1.12. The minimum absolute atomic E-state index is 0.457. The second-order valence-corrected chi connectivity index (χ2v) is 8.20. The third-order valence-electron chi connectivity index (χ3n) is 4.17. The van der Waals surface area contributed by atoms with E-state index in [4.69, 9.17) is 28.5 Å². The van der Waals surface area contributed by atoms with E-state index in [0.717, 1.165) is 16.8 Å². The van der Waals surface area contributed by atoms with Crippen molar-refractivity contribution in [1.82, 2.24) is 25.3 Å². The van der Waals surface area contributed by atoms with Crippen LogP contribution in [-0.2, 0) is 19.4 Å². The molecule has 1 aromatic carbocycles. The van der Waals surface area contributed by atoms with Gasteiger partial charge in [-0.3, -0.25) is 0 Å². The van der Waals surface area contributed by atoms with E-state index in [-0.39, 0.29) is 0 Å². The first-order valence-corrected chi connectivity index (χ1v) is 11.9. The molecule has 0 spiro atoms. The number of allylic oxidation sites excluding steroid dienone is 3. The van der Waals surface area contributed by atoms with Crippen molar-refractivity contribution in [3.05, 3.63) is 70.3 Å². The molecular formula is C22H18Cl2N7W-. The number of anilines is 1. The number of H-pyrrole nitrogens is 1. The summed E-state index contributed by atoms with van der Waals surface area (Å²) in [5, 5.41) is 16.1. The number of hydrogen-bond acceptors (Lipinski definition) is 6. The Morgan fingerprint density at radius 1 is 1.25 bits per heavy atom. The molecule has 0 amide bonds. The zero-order valence-electron chi connectivity index (χ0n) is 17.0. The van der Waals surface area contributed by atoms with Crippen molar-refractivity contribution in [2.75, 3.05) is 18.4 Å². The number of nitrogens with one attached hydrogen (secondary N) is 3. The zero-order chi connectivity index (χ0) is 22.9. The zero-order valence-corrected chi connectivity index (χ0v) is 21.4. The average Bonchev–Trinajstić information content (AvgIpc) is 3.22. The van der Waals surface area contributed by atoms with Gasteiger partial charge in [-0.05, 0) is 25.1 Å². The van der Waals surface area contributed by atoms with E-state index in [1.54, 1.807) is 36.7 Å². The van der Waals surface area contributed by atoms with E-state index >= 15 is 0 Å². The third-order valence-corrected chi connectivity index (χ3v) is 5.63. The second kappa shape index (κ2) is 11.7. The van der Waals surface area contributed by atoms with Crippen LogP contribution in [0.3, 0.4) is 0 Å². The maximum absolute atomic E-state index is 8.87. The molecule has 3 N–H and O–H groups in total. The summed E-state index contributed by atoms with van der Waals surface area (Å²) in [4.78, 5) is 16.7. The van der Waals surface area contributed by atoms with Crippen LogP contribution in [0.2, 0.25) is 10.0 Å². The van der Waals surface area contributed by atoms with Crippen molar-refractivity contribution < 1.29 is 19.4 Å². The first-order chi connectivity index (χ1) is 15.5. The molecule has 32 heavy (non-hydrogen) atoms. The molecule has 2 heterocycles. The molecule has 0 aliphatic rings. The number of imidazole rings is 1. The Hall–Kier alpha value is -2.78. The van der Waals surface area contributed by atoms with Gasteiger partial charge in [-0.25, -0.2) is 4.98 Å². The van der Waals surface area contributed by atoms with Crippen molar-refractivity contribution in [3.8, 4) is 28.7 Å². The minimum atomic E-state index is 0.457. The molecule has 0 aliphatic carbocycles. The Kier molecular flexibility index (Phi) is 8.75. The number of aromatic amines is 1. The molecule has 0 saturated carbocycles. The van der Waals surface area contributed by atoms with E-state index < -0.39 is 0 Å². The Bertz CT molecular complexity index is 1210. The van der Waals surface area contributed by atoms with Crippen LogP contribution in [0.4, 0.5) is 5.95 Å². The fraction of sp³-hybridized carbons (Fsp3) is 0.136. The SMILES string of the molecule is Cc1cnc(-c2cnc(NCCN[C-]=C/C=C(/C#N)[CH]=[W])nc2-c2ccc(Cl)cc2Cl)[nH]1. The monoisotopic (exact) mass is 634 g/mol. The first-order valence-electron chi connectivity index (χ1n) is 9.47. The summed E-state index contributed by atoms with van der Waals surface area (Å²) in [7, 11) is 0. The normalized spacial score (nSPS) is 11.4. The Balaban J connectivity index is 1.76. The molecule has 0 unspecified atom stereocenters. The van der Waals surface area contributed by atoms with E-state index in [1.165, 1.54) is 19.4 Å². The van der Waals surface area contributed by atoms with E-state index in [1.807, 2.05) is 17.4 Å². The van der Waals surface area contributed by atoms with Crippen LogP contribution in [0.15, 0.2) is 48.3 Å². The summed E-state index contributed by atoms with van der Waals surface area (Å²) in [6.45, 7) is 3.08. The van der Waals surface area contributed by atoms with Gasteiger partial charge >= 0.3 is 111 Å². The maximum atomic E-state index is 8.87. The number of rotatable bonds is 9. The predicted octanol–water partition coefficient (Wildman–Crippen LogP) is 4.27. The number of nitrogens with zero attached hydrogens (tertiary/aromatic N) is 4. The number of aryl methyl sites for hydroxylation is 1. The smallest absolute Gasteiger partial charge is 0.342 e. The number of aromatic nitrogens is 4. The number of hydrogen-bond donors (Lipinski definition) is 3. The molecule has 162 valence electrons. The van der Waals surface area contributed by atoms with Crippen molar-refractivity contribution in [2.45, 2.75) is 6.92 Å².